The largest absolute Gasteiger partial charge is 0.336 e. The number of hydrogen-bond donors (Lipinski definition) is 1. The van der Waals surface area contributed by atoms with Gasteiger partial charge in [0.15, 0.2) is 11.6 Å². The molecule has 1 heterocycles. The molecule has 3 aromatic rings. The number of rotatable bonds is 4. The van der Waals surface area contributed by atoms with Crippen LogP contribution in [0.4, 0.5) is 14.5 Å². The predicted octanol–water partition coefficient (Wildman–Crippen LogP) is 5.56. The third kappa shape index (κ3) is 3.82. The van der Waals surface area contributed by atoms with Gasteiger partial charge < -0.3 is 9.88 Å². The lowest BCUT2D eigenvalue weighted by atomic mass is 9.95. The highest BCUT2D eigenvalue weighted by molar-refractivity contribution is 6.04. The Morgan fingerprint density at radius 3 is 2.59 bits per heavy atom. The number of nitrogens with zero attached hydrogens (tertiary/aromatic N) is 1. The molecule has 0 saturated carbocycles. The quantitative estimate of drug-likeness (QED) is 0.617. The van der Waals surface area contributed by atoms with Crippen LogP contribution < -0.4 is 5.32 Å². The van der Waals surface area contributed by atoms with E-state index in [0.717, 1.165) is 54.3 Å². The number of nitrogens with one attached hydrogen (secondary N) is 1. The third-order valence-electron chi connectivity index (χ3n) is 5.66. The summed E-state index contributed by atoms with van der Waals surface area (Å²) in [6, 6.07) is 11.6. The van der Waals surface area contributed by atoms with E-state index in [9.17, 15) is 13.6 Å². The molecule has 2 aromatic carbocycles. The molecule has 1 aliphatic rings. The van der Waals surface area contributed by atoms with Crippen molar-refractivity contribution >= 4 is 11.6 Å². The van der Waals surface area contributed by atoms with Crippen molar-refractivity contribution in [2.75, 3.05) is 5.32 Å². The van der Waals surface area contributed by atoms with E-state index in [-0.39, 0.29) is 5.91 Å². The van der Waals surface area contributed by atoms with Crippen LogP contribution in [0.3, 0.4) is 0 Å². The van der Waals surface area contributed by atoms with Crippen molar-refractivity contribution in [2.24, 2.45) is 0 Å². The van der Waals surface area contributed by atoms with E-state index < -0.39 is 11.6 Å². The molecule has 4 rings (SSSR count). The normalized spacial score (nSPS) is 13.2. The first kappa shape index (κ1) is 19.4. The van der Waals surface area contributed by atoms with Crippen LogP contribution in [-0.4, -0.2) is 10.5 Å². The average molecular weight is 394 g/mol. The highest BCUT2D eigenvalue weighted by atomic mass is 19.2. The molecule has 0 fully saturated rings. The highest BCUT2D eigenvalue weighted by Gasteiger charge is 2.26. The lowest BCUT2D eigenvalue weighted by molar-refractivity contribution is 0.101. The number of carbonyl (C=O) groups is 1. The van der Waals surface area contributed by atoms with Gasteiger partial charge in [-0.2, -0.15) is 0 Å². The smallest absolute Gasteiger partial charge is 0.272 e. The second-order valence-corrected chi connectivity index (χ2v) is 7.76. The molecule has 0 saturated heterocycles. The van der Waals surface area contributed by atoms with Crippen LogP contribution in [0.15, 0.2) is 42.5 Å². The molecule has 0 bridgehead atoms. The molecule has 1 amide bonds. The summed E-state index contributed by atoms with van der Waals surface area (Å²) in [4.78, 5) is 13.2. The molecule has 29 heavy (non-hydrogen) atoms. The van der Waals surface area contributed by atoms with Crippen LogP contribution in [-0.2, 0) is 19.4 Å². The minimum absolute atomic E-state index is 0.176. The Balaban J connectivity index is 1.75. The van der Waals surface area contributed by atoms with E-state index in [1.54, 1.807) is 6.07 Å². The van der Waals surface area contributed by atoms with Gasteiger partial charge in [0.05, 0.1) is 0 Å². The molecule has 3 nitrogen and oxygen atoms in total. The Hall–Kier alpha value is -2.95. The fourth-order valence-corrected chi connectivity index (χ4v) is 4.27. The van der Waals surface area contributed by atoms with Crippen LogP contribution >= 0.6 is 0 Å². The fraction of sp³-hybridized carbons (Fsp3) is 0.292. The number of halogens is 2. The summed E-state index contributed by atoms with van der Waals surface area (Å²) in [6.45, 7) is 4.30. The topological polar surface area (TPSA) is 34.0 Å². The Kier molecular flexibility index (Phi) is 5.22. The Labute approximate surface area is 169 Å². The Bertz CT molecular complexity index is 1080. The van der Waals surface area contributed by atoms with Gasteiger partial charge in [0, 0.05) is 17.9 Å². The number of aromatic nitrogens is 1. The van der Waals surface area contributed by atoms with Gasteiger partial charge in [-0.3, -0.25) is 4.79 Å². The van der Waals surface area contributed by atoms with Gasteiger partial charge in [-0.1, -0.05) is 18.2 Å². The van der Waals surface area contributed by atoms with E-state index in [0.29, 0.717) is 17.8 Å². The zero-order chi connectivity index (χ0) is 20.5. The molecule has 150 valence electrons. The van der Waals surface area contributed by atoms with Crippen molar-refractivity contribution < 1.29 is 13.6 Å². The third-order valence-corrected chi connectivity index (χ3v) is 5.66. The van der Waals surface area contributed by atoms with Gasteiger partial charge >= 0.3 is 0 Å². The second kappa shape index (κ2) is 7.82. The molecule has 0 atom stereocenters. The van der Waals surface area contributed by atoms with Crippen LogP contribution in [0.1, 0.15) is 51.3 Å². The van der Waals surface area contributed by atoms with E-state index >= 15 is 0 Å². The fourth-order valence-electron chi connectivity index (χ4n) is 4.27. The van der Waals surface area contributed by atoms with Crippen molar-refractivity contribution in [3.63, 3.8) is 0 Å². The monoisotopic (exact) mass is 394 g/mol. The summed E-state index contributed by atoms with van der Waals surface area (Å²) in [7, 11) is 0. The molecule has 0 unspecified atom stereocenters. The van der Waals surface area contributed by atoms with Gasteiger partial charge in [-0.05, 0) is 86.1 Å². The molecule has 0 spiro atoms. The SMILES string of the molecule is Cc1cccc(NC(=O)c2c(C)c3c(n2Cc2ccc(F)c(F)c2)CCCC3)c1. The Morgan fingerprint density at radius 1 is 1.03 bits per heavy atom. The van der Waals surface area contributed by atoms with Crippen molar-refractivity contribution in [3.05, 3.63) is 87.7 Å². The molecule has 1 N–H and O–H groups in total. The van der Waals surface area contributed by atoms with Crippen LogP contribution in [0, 0.1) is 25.5 Å². The number of aryl methyl sites for hydroxylation is 1. The molecule has 1 aromatic heterocycles. The predicted molar refractivity (Wildman–Crippen MR) is 110 cm³/mol. The first-order chi connectivity index (χ1) is 13.9. The number of fused-ring (bicyclic) bond motifs is 1. The molecular formula is C24H24F2N2O. The number of amides is 1. The van der Waals surface area contributed by atoms with Crippen molar-refractivity contribution in [2.45, 2.75) is 46.1 Å². The van der Waals surface area contributed by atoms with Crippen LogP contribution in [0.2, 0.25) is 0 Å². The summed E-state index contributed by atoms with van der Waals surface area (Å²) >= 11 is 0. The van der Waals surface area contributed by atoms with E-state index in [1.807, 2.05) is 42.7 Å². The minimum Gasteiger partial charge on any atom is -0.336 e. The number of hydrogen-bond acceptors (Lipinski definition) is 1. The van der Waals surface area contributed by atoms with Crippen LogP contribution in [0.25, 0.3) is 0 Å². The van der Waals surface area contributed by atoms with Gasteiger partial charge in [0.2, 0.25) is 0 Å². The number of anilines is 1. The molecule has 1 aliphatic carbocycles. The summed E-state index contributed by atoms with van der Waals surface area (Å²) < 4.78 is 29.1. The zero-order valence-corrected chi connectivity index (χ0v) is 16.7. The van der Waals surface area contributed by atoms with E-state index in [1.165, 1.54) is 11.6 Å². The summed E-state index contributed by atoms with van der Waals surface area (Å²) in [5, 5.41) is 3.00. The lowest BCUT2D eigenvalue weighted by Gasteiger charge is -2.17. The van der Waals surface area contributed by atoms with Gasteiger partial charge in [0.1, 0.15) is 5.69 Å². The van der Waals surface area contributed by atoms with Gasteiger partial charge in [0.25, 0.3) is 5.91 Å². The van der Waals surface area contributed by atoms with Crippen LogP contribution in [0.5, 0.6) is 0 Å². The van der Waals surface area contributed by atoms with E-state index in [4.69, 9.17) is 0 Å². The first-order valence-electron chi connectivity index (χ1n) is 9.97. The zero-order valence-electron chi connectivity index (χ0n) is 16.7. The maximum absolute atomic E-state index is 13.7. The minimum atomic E-state index is -0.869. The maximum Gasteiger partial charge on any atom is 0.272 e. The standard InChI is InChI=1S/C24H24F2N2O/c1-15-6-5-7-18(12-15)27-24(29)23-16(2)19-8-3-4-9-22(19)28(23)14-17-10-11-20(25)21(26)13-17/h5-7,10-13H,3-4,8-9,14H2,1-2H3,(H,27,29). The summed E-state index contributed by atoms with van der Waals surface area (Å²) in [5.74, 6) is -1.91. The van der Waals surface area contributed by atoms with Crippen molar-refractivity contribution in [1.82, 2.24) is 4.57 Å². The summed E-state index contributed by atoms with van der Waals surface area (Å²) in [5.41, 5.74) is 6.37. The summed E-state index contributed by atoms with van der Waals surface area (Å²) in [6.07, 6.45) is 3.99. The molecule has 0 radical (unpaired) electrons. The van der Waals surface area contributed by atoms with Crippen molar-refractivity contribution in [3.8, 4) is 0 Å². The average Bonchev–Trinajstić information content (AvgIpc) is 2.97. The number of carbonyl (C=O) groups excluding carboxylic acids is 1. The number of benzene rings is 2. The first-order valence-corrected chi connectivity index (χ1v) is 9.97. The van der Waals surface area contributed by atoms with Gasteiger partial charge in [-0.25, -0.2) is 8.78 Å². The van der Waals surface area contributed by atoms with Gasteiger partial charge in [-0.15, -0.1) is 0 Å². The molecular weight excluding hydrogens is 370 g/mol. The molecule has 5 heteroatoms. The van der Waals surface area contributed by atoms with Crippen molar-refractivity contribution in [1.29, 1.82) is 0 Å². The molecule has 0 aliphatic heterocycles. The Morgan fingerprint density at radius 2 is 1.83 bits per heavy atom. The second-order valence-electron chi connectivity index (χ2n) is 7.76. The maximum atomic E-state index is 13.7. The van der Waals surface area contributed by atoms with E-state index in [2.05, 4.69) is 5.32 Å². The lowest BCUT2D eigenvalue weighted by Crippen LogP contribution is -2.20. The highest BCUT2D eigenvalue weighted by Crippen LogP contribution is 2.31.